The molecule has 0 fully saturated rings. The number of benzene rings is 1. The van der Waals surface area contributed by atoms with E-state index < -0.39 is 4.92 Å². The highest BCUT2D eigenvalue weighted by atomic mass is 35.5. The van der Waals surface area contributed by atoms with E-state index in [2.05, 4.69) is 10.4 Å². The molecule has 0 unspecified atom stereocenters. The number of aromatic nitrogens is 2. The Morgan fingerprint density at radius 2 is 2.00 bits per heavy atom. The summed E-state index contributed by atoms with van der Waals surface area (Å²) in [5, 5.41) is 18.3. The molecule has 106 valence electrons. The van der Waals surface area contributed by atoms with Crippen molar-refractivity contribution >= 4 is 34.6 Å². The van der Waals surface area contributed by atoms with E-state index in [1.807, 2.05) is 14.0 Å². The van der Waals surface area contributed by atoms with E-state index in [0.29, 0.717) is 12.2 Å². The van der Waals surface area contributed by atoms with E-state index in [1.54, 1.807) is 10.9 Å². The molecular weight excluding hydrogens is 303 g/mol. The van der Waals surface area contributed by atoms with E-state index >= 15 is 0 Å². The standard InChI is InChI=1S/C12H12Cl2N4O2/c1-7-8(6-16-17(7)2)5-15-12-10(13)3-9(18(19)20)4-11(12)14/h3-4,6,15H,5H2,1-2H3. The van der Waals surface area contributed by atoms with Crippen molar-refractivity contribution in [1.29, 1.82) is 0 Å². The summed E-state index contributed by atoms with van der Waals surface area (Å²) in [5.41, 5.74) is 2.36. The van der Waals surface area contributed by atoms with Crippen molar-refractivity contribution in [2.75, 3.05) is 5.32 Å². The van der Waals surface area contributed by atoms with Crippen LogP contribution in [0.4, 0.5) is 11.4 Å². The van der Waals surface area contributed by atoms with Gasteiger partial charge in [-0.3, -0.25) is 14.8 Å². The Labute approximate surface area is 125 Å². The van der Waals surface area contributed by atoms with Crippen molar-refractivity contribution in [2.24, 2.45) is 7.05 Å². The lowest BCUT2D eigenvalue weighted by Crippen LogP contribution is -2.03. The van der Waals surface area contributed by atoms with Gasteiger partial charge in [0.05, 0.1) is 26.9 Å². The lowest BCUT2D eigenvalue weighted by Gasteiger charge is -2.10. The fraction of sp³-hybridized carbons (Fsp3) is 0.250. The van der Waals surface area contributed by atoms with E-state index in [9.17, 15) is 10.1 Å². The van der Waals surface area contributed by atoms with Gasteiger partial charge in [-0.25, -0.2) is 0 Å². The molecule has 0 radical (unpaired) electrons. The average molecular weight is 315 g/mol. The summed E-state index contributed by atoms with van der Waals surface area (Å²) < 4.78 is 1.76. The number of nitro benzene ring substituents is 1. The highest BCUT2D eigenvalue weighted by Gasteiger charge is 2.15. The van der Waals surface area contributed by atoms with Crippen molar-refractivity contribution < 1.29 is 4.92 Å². The van der Waals surface area contributed by atoms with Gasteiger partial charge < -0.3 is 5.32 Å². The number of rotatable bonds is 4. The maximum absolute atomic E-state index is 10.7. The largest absolute Gasteiger partial charge is 0.378 e. The van der Waals surface area contributed by atoms with Gasteiger partial charge >= 0.3 is 0 Å². The third-order valence-corrected chi connectivity index (χ3v) is 3.63. The van der Waals surface area contributed by atoms with Gasteiger partial charge in [-0.1, -0.05) is 23.2 Å². The molecule has 0 aliphatic rings. The third kappa shape index (κ3) is 2.86. The molecular formula is C12H12Cl2N4O2. The van der Waals surface area contributed by atoms with Crippen LogP contribution in [0.5, 0.6) is 0 Å². The number of halogens is 2. The summed E-state index contributed by atoms with van der Waals surface area (Å²) >= 11 is 12.0. The van der Waals surface area contributed by atoms with Crippen molar-refractivity contribution in [1.82, 2.24) is 9.78 Å². The Kier molecular flexibility index (Phi) is 4.15. The fourth-order valence-electron chi connectivity index (χ4n) is 1.74. The molecule has 0 saturated heterocycles. The first-order valence-corrected chi connectivity index (χ1v) is 6.50. The van der Waals surface area contributed by atoms with Gasteiger partial charge in [0.15, 0.2) is 0 Å². The predicted octanol–water partition coefficient (Wildman–Crippen LogP) is 3.56. The topological polar surface area (TPSA) is 73.0 Å². The highest BCUT2D eigenvalue weighted by Crippen LogP contribution is 2.35. The number of nitrogens with zero attached hydrogens (tertiary/aromatic N) is 3. The van der Waals surface area contributed by atoms with Crippen LogP contribution in [0.3, 0.4) is 0 Å². The molecule has 0 aliphatic carbocycles. The fourth-order valence-corrected chi connectivity index (χ4v) is 2.34. The second-order valence-electron chi connectivity index (χ2n) is 4.27. The van der Waals surface area contributed by atoms with Crippen LogP contribution < -0.4 is 5.32 Å². The molecule has 2 aromatic rings. The molecule has 0 bridgehead atoms. The van der Waals surface area contributed by atoms with Crippen molar-refractivity contribution in [3.05, 3.63) is 49.7 Å². The van der Waals surface area contributed by atoms with Crippen molar-refractivity contribution in [3.63, 3.8) is 0 Å². The number of hydrogen-bond donors (Lipinski definition) is 1. The SMILES string of the molecule is Cc1c(CNc2c(Cl)cc([N+](=O)[O-])cc2Cl)cnn1C. The second-order valence-corrected chi connectivity index (χ2v) is 5.09. The highest BCUT2D eigenvalue weighted by molar-refractivity contribution is 6.39. The third-order valence-electron chi connectivity index (χ3n) is 3.03. The lowest BCUT2D eigenvalue weighted by atomic mass is 10.2. The molecule has 8 heteroatoms. The monoisotopic (exact) mass is 314 g/mol. The summed E-state index contributed by atoms with van der Waals surface area (Å²) in [7, 11) is 1.85. The average Bonchev–Trinajstić information content (AvgIpc) is 2.69. The van der Waals surface area contributed by atoms with Gasteiger partial charge in [0.1, 0.15) is 0 Å². The Hall–Kier alpha value is -1.79. The van der Waals surface area contributed by atoms with Crippen LogP contribution in [0, 0.1) is 17.0 Å². The van der Waals surface area contributed by atoms with Crippen molar-refractivity contribution in [3.8, 4) is 0 Å². The first kappa shape index (κ1) is 14.6. The van der Waals surface area contributed by atoms with Gasteiger partial charge in [-0.2, -0.15) is 5.10 Å². The molecule has 0 spiro atoms. The van der Waals surface area contributed by atoms with Gasteiger partial charge in [-0.15, -0.1) is 0 Å². The molecule has 2 rings (SSSR count). The van der Waals surface area contributed by atoms with E-state index in [4.69, 9.17) is 23.2 Å². The molecule has 20 heavy (non-hydrogen) atoms. The second kappa shape index (κ2) is 5.68. The smallest absolute Gasteiger partial charge is 0.272 e. The normalized spacial score (nSPS) is 10.6. The summed E-state index contributed by atoms with van der Waals surface area (Å²) in [6, 6.07) is 2.54. The molecule has 0 amide bonds. The van der Waals surface area contributed by atoms with Gasteiger partial charge in [0.2, 0.25) is 0 Å². The maximum atomic E-state index is 10.7. The Morgan fingerprint density at radius 1 is 1.40 bits per heavy atom. The van der Waals surface area contributed by atoms with E-state index in [-0.39, 0.29) is 15.7 Å². The van der Waals surface area contributed by atoms with Crippen LogP contribution in [0.1, 0.15) is 11.3 Å². The van der Waals surface area contributed by atoms with Crippen LogP contribution in [-0.4, -0.2) is 14.7 Å². The van der Waals surface area contributed by atoms with Crippen molar-refractivity contribution in [2.45, 2.75) is 13.5 Å². The minimum Gasteiger partial charge on any atom is -0.378 e. The summed E-state index contributed by atoms with van der Waals surface area (Å²) in [4.78, 5) is 10.2. The Bertz CT molecular complexity index is 646. The molecule has 6 nitrogen and oxygen atoms in total. The van der Waals surface area contributed by atoms with Crippen LogP contribution in [0.25, 0.3) is 0 Å². The molecule has 1 heterocycles. The zero-order chi connectivity index (χ0) is 14.9. The minimum absolute atomic E-state index is 0.136. The number of nitrogens with one attached hydrogen (secondary N) is 1. The maximum Gasteiger partial charge on any atom is 0.272 e. The van der Waals surface area contributed by atoms with Crippen LogP contribution in [0.2, 0.25) is 10.0 Å². The molecule has 0 saturated carbocycles. The lowest BCUT2D eigenvalue weighted by molar-refractivity contribution is -0.384. The van der Waals surface area contributed by atoms with Crippen LogP contribution >= 0.6 is 23.2 Å². The van der Waals surface area contributed by atoms with Gasteiger partial charge in [0, 0.05) is 37.0 Å². The number of anilines is 1. The predicted molar refractivity (Wildman–Crippen MR) is 78.4 cm³/mol. The summed E-state index contributed by atoms with van der Waals surface area (Å²) in [6.45, 7) is 2.43. The Morgan fingerprint density at radius 3 is 2.45 bits per heavy atom. The van der Waals surface area contributed by atoms with Gasteiger partial charge in [0.25, 0.3) is 5.69 Å². The van der Waals surface area contributed by atoms with E-state index in [1.165, 1.54) is 12.1 Å². The molecule has 0 atom stereocenters. The van der Waals surface area contributed by atoms with Crippen LogP contribution in [0.15, 0.2) is 18.3 Å². The van der Waals surface area contributed by atoms with Crippen LogP contribution in [-0.2, 0) is 13.6 Å². The molecule has 1 aromatic heterocycles. The number of non-ortho nitro benzene ring substituents is 1. The number of nitro groups is 1. The molecule has 0 aliphatic heterocycles. The first-order valence-electron chi connectivity index (χ1n) is 5.75. The molecule has 1 N–H and O–H groups in total. The minimum atomic E-state index is -0.535. The number of hydrogen-bond acceptors (Lipinski definition) is 4. The van der Waals surface area contributed by atoms with E-state index in [0.717, 1.165) is 11.3 Å². The number of aryl methyl sites for hydroxylation is 1. The zero-order valence-corrected chi connectivity index (χ0v) is 12.4. The first-order chi connectivity index (χ1) is 9.40. The quantitative estimate of drug-likeness (QED) is 0.691. The summed E-state index contributed by atoms with van der Waals surface area (Å²) in [6.07, 6.45) is 1.75. The summed E-state index contributed by atoms with van der Waals surface area (Å²) in [5.74, 6) is 0. The van der Waals surface area contributed by atoms with Gasteiger partial charge in [-0.05, 0) is 6.92 Å². The Balaban J connectivity index is 2.22. The molecule has 1 aromatic carbocycles. The zero-order valence-electron chi connectivity index (χ0n) is 10.9.